The van der Waals surface area contributed by atoms with Crippen LogP contribution in [0.4, 0.5) is 10.5 Å². The number of benzene rings is 2. The Labute approximate surface area is 340 Å². The van der Waals surface area contributed by atoms with Crippen LogP contribution in [0.2, 0.25) is 0 Å². The van der Waals surface area contributed by atoms with E-state index in [2.05, 4.69) is 19.6 Å². The zero-order valence-corrected chi connectivity index (χ0v) is 35.2. The Kier molecular flexibility index (Phi) is 13.8. The minimum absolute atomic E-state index is 0.00281. The van der Waals surface area contributed by atoms with Gasteiger partial charge in [0.1, 0.15) is 17.0 Å². The molecule has 4 aromatic rings. The molecule has 22 nitrogen and oxygen atoms in total. The molecule has 0 bridgehead atoms. The summed E-state index contributed by atoms with van der Waals surface area (Å²) in [5, 5.41) is 3.05. The Morgan fingerprint density at radius 3 is 2.24 bits per heavy atom. The van der Waals surface area contributed by atoms with Gasteiger partial charge in [0.05, 0.1) is 51.8 Å². The van der Waals surface area contributed by atoms with E-state index in [-0.39, 0.29) is 51.9 Å². The Hall–Kier alpha value is -5.05. The van der Waals surface area contributed by atoms with E-state index in [4.69, 9.17) is 49.2 Å². The van der Waals surface area contributed by atoms with E-state index in [1.807, 2.05) is 5.48 Å². The number of methoxy groups -OCH3 is 4. The van der Waals surface area contributed by atoms with E-state index in [0.717, 1.165) is 7.11 Å². The summed E-state index contributed by atoms with van der Waals surface area (Å²) in [4.78, 5) is 83.4. The Morgan fingerprint density at radius 1 is 0.915 bits per heavy atom. The number of esters is 1. The molecule has 59 heavy (non-hydrogen) atoms. The molecule has 3 amide bonds. The third-order valence-electron chi connectivity index (χ3n) is 8.34. The number of nitrogens with one attached hydrogen (secondary N) is 4. The first-order valence-electron chi connectivity index (χ1n) is 17.3. The van der Waals surface area contributed by atoms with Gasteiger partial charge in [-0.1, -0.05) is 0 Å². The first-order chi connectivity index (χ1) is 27.7. The number of ether oxygens (including phenoxy) is 5. The molecule has 5 rings (SSSR count). The predicted molar refractivity (Wildman–Crippen MR) is 208 cm³/mol. The van der Waals surface area contributed by atoms with Crippen molar-refractivity contribution in [1.82, 2.24) is 20.8 Å². The highest BCUT2D eigenvalue weighted by Crippen LogP contribution is 2.61. The van der Waals surface area contributed by atoms with Crippen molar-refractivity contribution in [2.24, 2.45) is 0 Å². The van der Waals surface area contributed by atoms with Crippen molar-refractivity contribution in [3.05, 3.63) is 41.2 Å². The number of rotatable bonds is 17. The number of aromatic nitrogens is 2. The van der Waals surface area contributed by atoms with Crippen molar-refractivity contribution < 1.29 is 80.0 Å². The van der Waals surface area contributed by atoms with Crippen LogP contribution < -0.4 is 34.4 Å². The molecular formula is C34H42ClN5O17P2. The summed E-state index contributed by atoms with van der Waals surface area (Å²) in [5.74, 6) is -2.26. The van der Waals surface area contributed by atoms with Crippen LogP contribution in [-0.4, -0.2) is 110 Å². The number of anilines is 1. The molecule has 3 atom stereocenters. The largest absolute Gasteiger partial charge is 0.536 e. The van der Waals surface area contributed by atoms with Gasteiger partial charge < -0.3 is 53.3 Å². The number of carbonyl (C=O) groups is 4. The summed E-state index contributed by atoms with van der Waals surface area (Å²) in [6.07, 6.45) is -0.941. The third-order valence-corrected chi connectivity index (χ3v) is 11.3. The Balaban J connectivity index is 1.37. The minimum atomic E-state index is -5.57. The molecule has 2 unspecified atom stereocenters. The maximum atomic E-state index is 14.3. The molecule has 0 spiro atoms. The van der Waals surface area contributed by atoms with Crippen LogP contribution in [0, 0.1) is 0 Å². The number of phosphoric acid groups is 2. The van der Waals surface area contributed by atoms with E-state index in [1.54, 1.807) is 32.9 Å². The molecule has 6 N–H and O–H groups in total. The van der Waals surface area contributed by atoms with Crippen LogP contribution in [-0.2, 0) is 37.1 Å². The number of H-pyrrole nitrogens is 2. The summed E-state index contributed by atoms with van der Waals surface area (Å²) >= 11 is 6.41. The lowest BCUT2D eigenvalue weighted by Gasteiger charge is -2.20. The van der Waals surface area contributed by atoms with Crippen LogP contribution in [0.3, 0.4) is 0 Å². The fraction of sp³-hybridized carbons (Fsp3) is 0.412. The van der Waals surface area contributed by atoms with Crippen LogP contribution in [0.15, 0.2) is 24.3 Å². The first-order valence-corrected chi connectivity index (χ1v) is 20.8. The second-order valence-corrected chi connectivity index (χ2v) is 16.8. The van der Waals surface area contributed by atoms with Crippen LogP contribution in [0.5, 0.6) is 23.0 Å². The number of hydrogen-bond acceptors (Lipinski definition) is 15. The van der Waals surface area contributed by atoms with Gasteiger partial charge in [0, 0.05) is 41.7 Å². The number of nitrogens with zero attached hydrogens (tertiary/aromatic N) is 1. The number of hydrogen-bond donors (Lipinski definition) is 6. The number of fused-ring (bicyclic) bond motifs is 4. The van der Waals surface area contributed by atoms with Crippen molar-refractivity contribution >= 4 is 78.6 Å². The van der Waals surface area contributed by atoms with Crippen molar-refractivity contribution in [1.29, 1.82) is 0 Å². The number of halogens is 1. The number of carbonyl (C=O) groups excluding carboxylic acids is 4. The van der Waals surface area contributed by atoms with Gasteiger partial charge >= 0.3 is 27.7 Å². The molecular weight excluding hydrogens is 848 g/mol. The lowest BCUT2D eigenvalue weighted by molar-refractivity contribution is -0.128. The van der Waals surface area contributed by atoms with E-state index >= 15 is 0 Å². The van der Waals surface area contributed by atoms with Crippen LogP contribution in [0.1, 0.15) is 53.2 Å². The smallest absolute Gasteiger partial charge is 0.493 e. The molecule has 0 saturated heterocycles. The van der Waals surface area contributed by atoms with Crippen molar-refractivity contribution in [3.63, 3.8) is 0 Å². The summed E-state index contributed by atoms with van der Waals surface area (Å²) < 4.78 is 66.8. The molecule has 1 aliphatic heterocycles. The van der Waals surface area contributed by atoms with Crippen LogP contribution in [0.25, 0.3) is 21.8 Å². The van der Waals surface area contributed by atoms with E-state index < -0.39 is 76.5 Å². The lowest BCUT2D eigenvalue weighted by atomic mass is 9.98. The molecule has 322 valence electrons. The molecule has 2 aromatic heterocycles. The highest BCUT2D eigenvalue weighted by Gasteiger charge is 2.40. The number of hydroxylamine groups is 1. The monoisotopic (exact) mass is 889 g/mol. The fourth-order valence-corrected chi connectivity index (χ4v) is 8.44. The maximum absolute atomic E-state index is 14.3. The zero-order valence-electron chi connectivity index (χ0n) is 32.7. The fourth-order valence-electron chi connectivity index (χ4n) is 6.11. The van der Waals surface area contributed by atoms with Gasteiger partial charge in [0.15, 0.2) is 23.9 Å². The molecule has 0 saturated carbocycles. The molecule has 2 aromatic carbocycles. The van der Waals surface area contributed by atoms with Crippen molar-refractivity contribution in [2.45, 2.75) is 32.3 Å². The molecule has 0 aliphatic carbocycles. The predicted octanol–water partition coefficient (Wildman–Crippen LogP) is 4.63. The topological polar surface area (TPSA) is 285 Å². The molecule has 25 heteroatoms. The summed E-state index contributed by atoms with van der Waals surface area (Å²) in [5.41, 5.74) is 2.09. The normalized spacial score (nSPS) is 15.8. The number of alkyl halides is 1. The third kappa shape index (κ3) is 10.4. The van der Waals surface area contributed by atoms with Gasteiger partial charge in [-0.3, -0.25) is 23.8 Å². The number of amides is 3. The summed E-state index contributed by atoms with van der Waals surface area (Å²) in [6, 6.07) is 5.80. The lowest BCUT2D eigenvalue weighted by Crippen LogP contribution is -2.36. The van der Waals surface area contributed by atoms with Crippen molar-refractivity contribution in [3.8, 4) is 23.0 Å². The summed E-state index contributed by atoms with van der Waals surface area (Å²) in [6.45, 7) is 3.12. The van der Waals surface area contributed by atoms with E-state index in [0.29, 0.717) is 22.2 Å². The second kappa shape index (κ2) is 18.1. The zero-order chi connectivity index (χ0) is 43.4. The average Bonchev–Trinajstić information content (AvgIpc) is 3.89. The Bertz CT molecular complexity index is 2360. The van der Waals surface area contributed by atoms with E-state index in [9.17, 15) is 38.1 Å². The SMILES string of the molecule is COC(=O)c1cc2c3c(cc(OP(=O)(O)OP(=O)(O)OCCNC(=O)CONC(=O)OC(C)(C)C)c2[nH]1)N(C(=O)c1cc2cc(OC)c(OC)c(OC)c2[nH]1)C[C@H]3CCl. The van der Waals surface area contributed by atoms with Gasteiger partial charge in [-0.15, -0.1) is 11.6 Å². The van der Waals surface area contributed by atoms with Gasteiger partial charge in [-0.05, 0) is 44.5 Å². The molecule has 3 heterocycles. The van der Waals surface area contributed by atoms with Gasteiger partial charge in [-0.2, -0.15) is 9.79 Å². The quantitative estimate of drug-likeness (QED) is 0.0277. The van der Waals surface area contributed by atoms with Crippen LogP contribution >= 0.6 is 27.2 Å². The molecule has 0 fully saturated rings. The first kappa shape index (κ1) is 45.0. The Morgan fingerprint density at radius 2 is 1.61 bits per heavy atom. The number of aromatic amines is 2. The van der Waals surface area contributed by atoms with E-state index in [1.165, 1.54) is 38.4 Å². The average molecular weight is 890 g/mol. The molecule has 0 radical (unpaired) electrons. The van der Waals surface area contributed by atoms with Gasteiger partial charge in [0.2, 0.25) is 11.7 Å². The number of phosphoric ester groups is 2. The molecule has 1 aliphatic rings. The maximum Gasteiger partial charge on any atom is 0.536 e. The highest BCUT2D eigenvalue weighted by atomic mass is 35.5. The van der Waals surface area contributed by atoms with Gasteiger partial charge in [0.25, 0.3) is 5.91 Å². The second-order valence-electron chi connectivity index (χ2n) is 13.5. The van der Waals surface area contributed by atoms with Crippen molar-refractivity contribution in [2.75, 3.05) is 65.5 Å². The van der Waals surface area contributed by atoms with Gasteiger partial charge in [-0.25, -0.2) is 18.7 Å². The minimum Gasteiger partial charge on any atom is -0.493 e. The summed E-state index contributed by atoms with van der Waals surface area (Å²) in [7, 11) is -5.50. The standard InChI is InChI=1S/C34H42ClN5O17P2/c1-34(2,3)55-33(44)39-53-16-25(41)36-8-9-54-58(45,46)57-59(47,48)56-23-13-22-26(19-12-21(32(43)52-7)38-28(19)23)18(14-35)15-40(22)31(42)20-10-17-11-24(49-4)29(50-5)30(51-6)27(17)37-20/h10-13,18,37-38H,8-9,14-16H2,1-7H3,(H,36,41)(H,39,44)(H,45,46)(H,47,48)/t18-/m1/s1. The highest BCUT2D eigenvalue weighted by molar-refractivity contribution is 7.61.